The zero-order valence-electron chi connectivity index (χ0n) is 12.6. The van der Waals surface area contributed by atoms with Crippen LogP contribution in [0.5, 0.6) is 11.5 Å². The van der Waals surface area contributed by atoms with E-state index in [0.717, 1.165) is 15.7 Å². The largest absolute Gasteiger partial charge is 0.490 e. The van der Waals surface area contributed by atoms with Crippen LogP contribution in [0, 0.1) is 6.92 Å². The molecule has 5 heteroatoms. The lowest BCUT2D eigenvalue weighted by Crippen LogP contribution is -2.20. The quantitative estimate of drug-likeness (QED) is 0.837. The molecule has 0 saturated carbocycles. The second kappa shape index (κ2) is 7.84. The average Bonchev–Trinajstić information content (AvgIpc) is 2.50. The Kier molecular flexibility index (Phi) is 5.83. The van der Waals surface area contributed by atoms with Crippen molar-refractivity contribution in [1.82, 2.24) is 0 Å². The van der Waals surface area contributed by atoms with Gasteiger partial charge in [0.1, 0.15) is 0 Å². The van der Waals surface area contributed by atoms with E-state index in [-0.39, 0.29) is 12.5 Å². The minimum Gasteiger partial charge on any atom is -0.490 e. The van der Waals surface area contributed by atoms with Gasteiger partial charge in [-0.3, -0.25) is 4.79 Å². The molecule has 2 aromatic rings. The molecule has 1 N–H and O–H groups in total. The van der Waals surface area contributed by atoms with E-state index in [9.17, 15) is 4.79 Å². The Labute approximate surface area is 138 Å². The van der Waals surface area contributed by atoms with E-state index in [1.54, 1.807) is 6.07 Å². The number of anilines is 1. The van der Waals surface area contributed by atoms with Crippen LogP contribution in [0.3, 0.4) is 0 Å². The van der Waals surface area contributed by atoms with Gasteiger partial charge in [0.15, 0.2) is 18.1 Å². The molecule has 2 rings (SSSR count). The highest BCUT2D eigenvalue weighted by molar-refractivity contribution is 9.10. The van der Waals surface area contributed by atoms with E-state index in [1.807, 2.05) is 50.2 Å². The molecule has 0 aliphatic heterocycles. The molecule has 4 nitrogen and oxygen atoms in total. The van der Waals surface area contributed by atoms with Crippen LogP contribution in [-0.2, 0) is 4.79 Å². The molecule has 22 heavy (non-hydrogen) atoms. The number of hydrogen-bond donors (Lipinski definition) is 1. The van der Waals surface area contributed by atoms with Crippen LogP contribution in [0.2, 0.25) is 0 Å². The minimum absolute atomic E-state index is 0.0702. The SMILES string of the molecule is CCOc1ccccc1OCC(=O)Nc1ccc(Br)c(C)c1. The van der Waals surface area contributed by atoms with Gasteiger partial charge in [0.05, 0.1) is 6.61 Å². The molecule has 0 bridgehead atoms. The molecule has 0 atom stereocenters. The summed E-state index contributed by atoms with van der Waals surface area (Å²) in [6.45, 7) is 4.35. The lowest BCUT2D eigenvalue weighted by atomic mass is 10.2. The number of carbonyl (C=O) groups excluding carboxylic acids is 1. The number of nitrogens with one attached hydrogen (secondary N) is 1. The number of benzene rings is 2. The van der Waals surface area contributed by atoms with Crippen molar-refractivity contribution in [3.63, 3.8) is 0 Å². The van der Waals surface area contributed by atoms with Gasteiger partial charge < -0.3 is 14.8 Å². The van der Waals surface area contributed by atoms with E-state index >= 15 is 0 Å². The van der Waals surface area contributed by atoms with Crippen molar-refractivity contribution >= 4 is 27.5 Å². The van der Waals surface area contributed by atoms with Crippen molar-refractivity contribution in [2.45, 2.75) is 13.8 Å². The molecular weight excluding hydrogens is 346 g/mol. The molecule has 0 saturated heterocycles. The average molecular weight is 364 g/mol. The van der Waals surface area contributed by atoms with Crippen molar-refractivity contribution < 1.29 is 14.3 Å². The summed E-state index contributed by atoms with van der Waals surface area (Å²) in [5.74, 6) is 0.983. The van der Waals surface area contributed by atoms with E-state index in [2.05, 4.69) is 21.2 Å². The first-order chi connectivity index (χ1) is 10.6. The Morgan fingerprint density at radius 3 is 2.45 bits per heavy atom. The summed E-state index contributed by atoms with van der Waals surface area (Å²) in [7, 11) is 0. The molecule has 0 fully saturated rings. The van der Waals surface area contributed by atoms with E-state index < -0.39 is 0 Å². The molecule has 0 radical (unpaired) electrons. The summed E-state index contributed by atoms with van der Waals surface area (Å²) in [6, 6.07) is 12.9. The third-order valence-electron chi connectivity index (χ3n) is 2.95. The zero-order valence-corrected chi connectivity index (χ0v) is 14.1. The summed E-state index contributed by atoms with van der Waals surface area (Å²) in [5.41, 5.74) is 1.80. The van der Waals surface area contributed by atoms with Crippen molar-refractivity contribution in [3.8, 4) is 11.5 Å². The molecule has 1 amide bonds. The third-order valence-corrected chi connectivity index (χ3v) is 3.84. The van der Waals surface area contributed by atoms with Crippen LogP contribution in [0.25, 0.3) is 0 Å². The smallest absolute Gasteiger partial charge is 0.262 e. The van der Waals surface area contributed by atoms with Gasteiger partial charge >= 0.3 is 0 Å². The van der Waals surface area contributed by atoms with Gasteiger partial charge in [-0.05, 0) is 49.7 Å². The van der Waals surface area contributed by atoms with Crippen LogP contribution in [0.1, 0.15) is 12.5 Å². The standard InChI is InChI=1S/C17H18BrNO3/c1-3-21-15-6-4-5-7-16(15)22-11-17(20)19-13-8-9-14(18)12(2)10-13/h4-10H,3,11H2,1-2H3,(H,19,20). The lowest BCUT2D eigenvalue weighted by Gasteiger charge is -2.12. The highest BCUT2D eigenvalue weighted by atomic mass is 79.9. The Morgan fingerprint density at radius 1 is 1.14 bits per heavy atom. The molecule has 0 heterocycles. The molecule has 0 aromatic heterocycles. The van der Waals surface area contributed by atoms with Crippen LogP contribution in [0.15, 0.2) is 46.9 Å². The zero-order chi connectivity index (χ0) is 15.9. The second-order valence-electron chi connectivity index (χ2n) is 4.68. The van der Waals surface area contributed by atoms with Gasteiger partial charge in [-0.25, -0.2) is 0 Å². The molecule has 0 aliphatic rings. The van der Waals surface area contributed by atoms with Crippen molar-refractivity contribution in [2.75, 3.05) is 18.5 Å². The van der Waals surface area contributed by atoms with Gasteiger partial charge in [-0.2, -0.15) is 0 Å². The van der Waals surface area contributed by atoms with Crippen LogP contribution >= 0.6 is 15.9 Å². The Balaban J connectivity index is 1.94. The highest BCUT2D eigenvalue weighted by Gasteiger charge is 2.08. The normalized spacial score (nSPS) is 10.1. The Hall–Kier alpha value is -2.01. The van der Waals surface area contributed by atoms with Gasteiger partial charge in [-0.1, -0.05) is 28.1 Å². The van der Waals surface area contributed by atoms with E-state index in [1.165, 1.54) is 0 Å². The lowest BCUT2D eigenvalue weighted by molar-refractivity contribution is -0.118. The minimum atomic E-state index is -0.215. The number of ether oxygens (including phenoxy) is 2. The van der Waals surface area contributed by atoms with Crippen molar-refractivity contribution in [2.24, 2.45) is 0 Å². The summed E-state index contributed by atoms with van der Waals surface area (Å²) in [4.78, 5) is 12.0. The van der Waals surface area contributed by atoms with Gasteiger partial charge in [0.2, 0.25) is 0 Å². The number of para-hydroxylation sites is 2. The maximum Gasteiger partial charge on any atom is 0.262 e. The summed E-state index contributed by atoms with van der Waals surface area (Å²) >= 11 is 3.43. The van der Waals surface area contributed by atoms with Crippen molar-refractivity contribution in [1.29, 1.82) is 0 Å². The second-order valence-corrected chi connectivity index (χ2v) is 5.53. The van der Waals surface area contributed by atoms with E-state index in [4.69, 9.17) is 9.47 Å². The fourth-order valence-electron chi connectivity index (χ4n) is 1.91. The van der Waals surface area contributed by atoms with E-state index in [0.29, 0.717) is 18.1 Å². The van der Waals surface area contributed by atoms with Gasteiger partial charge in [-0.15, -0.1) is 0 Å². The number of hydrogen-bond acceptors (Lipinski definition) is 3. The predicted molar refractivity (Wildman–Crippen MR) is 90.6 cm³/mol. The Bertz CT molecular complexity index is 658. The third kappa shape index (κ3) is 4.49. The number of rotatable bonds is 6. The molecule has 2 aromatic carbocycles. The van der Waals surface area contributed by atoms with Crippen LogP contribution < -0.4 is 14.8 Å². The maximum atomic E-state index is 12.0. The molecule has 116 valence electrons. The van der Waals surface area contributed by atoms with Crippen LogP contribution in [0.4, 0.5) is 5.69 Å². The van der Waals surface area contributed by atoms with Crippen LogP contribution in [-0.4, -0.2) is 19.1 Å². The van der Waals surface area contributed by atoms with Crippen molar-refractivity contribution in [3.05, 3.63) is 52.5 Å². The summed E-state index contributed by atoms with van der Waals surface area (Å²) < 4.78 is 12.0. The molecule has 0 aliphatic carbocycles. The molecule has 0 unspecified atom stereocenters. The summed E-state index contributed by atoms with van der Waals surface area (Å²) in [5, 5.41) is 2.81. The predicted octanol–water partition coefficient (Wildman–Crippen LogP) is 4.17. The maximum absolute atomic E-state index is 12.0. The number of aryl methyl sites for hydroxylation is 1. The summed E-state index contributed by atoms with van der Waals surface area (Å²) in [6.07, 6.45) is 0. The first-order valence-corrected chi connectivity index (χ1v) is 7.80. The topological polar surface area (TPSA) is 47.6 Å². The number of halogens is 1. The fourth-order valence-corrected chi connectivity index (χ4v) is 2.15. The highest BCUT2D eigenvalue weighted by Crippen LogP contribution is 2.26. The van der Waals surface area contributed by atoms with Gasteiger partial charge in [0, 0.05) is 10.2 Å². The molecular formula is C17H18BrNO3. The first-order valence-electron chi connectivity index (χ1n) is 7.00. The molecule has 0 spiro atoms. The van der Waals surface area contributed by atoms with Gasteiger partial charge in [0.25, 0.3) is 5.91 Å². The Morgan fingerprint density at radius 2 is 1.82 bits per heavy atom. The fraction of sp³-hybridized carbons (Fsp3) is 0.235. The first kappa shape index (κ1) is 16.4. The monoisotopic (exact) mass is 363 g/mol. The number of amides is 1. The number of carbonyl (C=O) groups is 1.